The fourth-order valence-corrected chi connectivity index (χ4v) is 2.13. The maximum Gasteiger partial charge on any atom is 0.267 e. The zero-order valence-corrected chi connectivity index (χ0v) is 11.6. The van der Waals surface area contributed by atoms with Crippen molar-refractivity contribution < 1.29 is 0 Å². The smallest absolute Gasteiger partial charge is 0.267 e. The Balaban J connectivity index is 2.38. The van der Waals surface area contributed by atoms with E-state index in [1.165, 1.54) is 15.8 Å². The van der Waals surface area contributed by atoms with E-state index >= 15 is 0 Å². The molecule has 0 amide bonds. The van der Waals surface area contributed by atoms with Gasteiger partial charge in [-0.05, 0) is 37.5 Å². The highest BCUT2D eigenvalue weighted by atomic mass is 16.1. The summed E-state index contributed by atoms with van der Waals surface area (Å²) in [5.41, 5.74) is 10.6. The van der Waals surface area contributed by atoms with Crippen LogP contribution in [0.2, 0.25) is 0 Å². The van der Waals surface area contributed by atoms with Gasteiger partial charge in [0.05, 0.1) is 12.2 Å². The molecule has 2 rings (SSSR count). The Morgan fingerprint density at radius 3 is 2.53 bits per heavy atom. The minimum absolute atomic E-state index is 0.106. The van der Waals surface area contributed by atoms with Gasteiger partial charge >= 0.3 is 0 Å². The Labute approximate surface area is 112 Å². The standard InChI is InChI=1S/C15H19N3O/c1-10-4-5-13(11(2)6-10)9-18-15(19)7-14(8-16)12(3)17-18/h4-7H,8-9,16H2,1-3H3. The van der Waals surface area contributed by atoms with E-state index < -0.39 is 0 Å². The molecule has 19 heavy (non-hydrogen) atoms. The second-order valence-corrected chi connectivity index (χ2v) is 4.88. The third kappa shape index (κ3) is 2.90. The van der Waals surface area contributed by atoms with E-state index in [1.807, 2.05) is 13.0 Å². The lowest BCUT2D eigenvalue weighted by molar-refractivity contribution is 0.620. The first kappa shape index (κ1) is 13.5. The third-order valence-electron chi connectivity index (χ3n) is 3.33. The molecule has 1 aromatic carbocycles. The van der Waals surface area contributed by atoms with E-state index in [0.717, 1.165) is 16.8 Å². The van der Waals surface area contributed by atoms with Crippen LogP contribution in [0.1, 0.15) is 27.9 Å². The van der Waals surface area contributed by atoms with E-state index in [4.69, 9.17) is 5.73 Å². The van der Waals surface area contributed by atoms with Crippen LogP contribution in [0.4, 0.5) is 0 Å². The van der Waals surface area contributed by atoms with Gasteiger partial charge in [-0.3, -0.25) is 4.79 Å². The zero-order valence-electron chi connectivity index (χ0n) is 11.6. The molecule has 100 valence electrons. The van der Waals surface area contributed by atoms with Gasteiger partial charge in [0, 0.05) is 12.6 Å². The van der Waals surface area contributed by atoms with Crippen molar-refractivity contribution in [1.82, 2.24) is 9.78 Å². The molecule has 0 fully saturated rings. The fraction of sp³-hybridized carbons (Fsp3) is 0.333. The summed E-state index contributed by atoms with van der Waals surface area (Å²) in [6.45, 7) is 6.82. The highest BCUT2D eigenvalue weighted by Gasteiger charge is 2.06. The van der Waals surface area contributed by atoms with Gasteiger partial charge in [0.15, 0.2) is 0 Å². The van der Waals surface area contributed by atoms with Crippen molar-refractivity contribution in [2.24, 2.45) is 5.73 Å². The number of nitrogens with two attached hydrogens (primary N) is 1. The van der Waals surface area contributed by atoms with Crippen LogP contribution in [0, 0.1) is 20.8 Å². The van der Waals surface area contributed by atoms with Crippen LogP contribution in [0.15, 0.2) is 29.1 Å². The molecule has 2 aromatic rings. The summed E-state index contributed by atoms with van der Waals surface area (Å²) in [4.78, 5) is 12.0. The number of hydrogen-bond acceptors (Lipinski definition) is 3. The minimum Gasteiger partial charge on any atom is -0.326 e. The first-order chi connectivity index (χ1) is 9.01. The van der Waals surface area contributed by atoms with Crippen molar-refractivity contribution in [2.45, 2.75) is 33.9 Å². The van der Waals surface area contributed by atoms with E-state index in [2.05, 4.69) is 31.1 Å². The van der Waals surface area contributed by atoms with Crippen molar-refractivity contribution in [3.05, 3.63) is 62.6 Å². The quantitative estimate of drug-likeness (QED) is 0.910. The molecule has 0 aliphatic carbocycles. The van der Waals surface area contributed by atoms with Gasteiger partial charge in [0.2, 0.25) is 0 Å². The van der Waals surface area contributed by atoms with Crippen molar-refractivity contribution in [3.63, 3.8) is 0 Å². The van der Waals surface area contributed by atoms with E-state index in [0.29, 0.717) is 13.1 Å². The minimum atomic E-state index is -0.106. The predicted molar refractivity (Wildman–Crippen MR) is 76.1 cm³/mol. The van der Waals surface area contributed by atoms with E-state index in [-0.39, 0.29) is 5.56 Å². The molecule has 0 saturated carbocycles. The Morgan fingerprint density at radius 2 is 1.89 bits per heavy atom. The zero-order chi connectivity index (χ0) is 14.0. The predicted octanol–water partition coefficient (Wildman–Crippen LogP) is 1.68. The number of aryl methyl sites for hydroxylation is 3. The van der Waals surface area contributed by atoms with Crippen LogP contribution < -0.4 is 11.3 Å². The molecule has 1 heterocycles. The van der Waals surface area contributed by atoms with Crippen molar-refractivity contribution >= 4 is 0 Å². The summed E-state index contributed by atoms with van der Waals surface area (Å²) >= 11 is 0. The molecule has 0 aliphatic heterocycles. The van der Waals surface area contributed by atoms with Crippen LogP contribution in [0.3, 0.4) is 0 Å². The molecule has 0 bridgehead atoms. The molecular formula is C15H19N3O. The first-order valence-corrected chi connectivity index (χ1v) is 6.35. The van der Waals surface area contributed by atoms with E-state index in [9.17, 15) is 4.79 Å². The van der Waals surface area contributed by atoms with Crippen LogP contribution in [0.5, 0.6) is 0 Å². The summed E-state index contributed by atoms with van der Waals surface area (Å²) in [6, 6.07) is 7.78. The van der Waals surface area contributed by atoms with Crippen LogP contribution in [0.25, 0.3) is 0 Å². The Bertz CT molecular complexity index is 659. The number of nitrogens with zero attached hydrogens (tertiary/aromatic N) is 2. The van der Waals surface area contributed by atoms with Gasteiger partial charge in [-0.15, -0.1) is 0 Å². The van der Waals surface area contributed by atoms with Gasteiger partial charge in [-0.1, -0.05) is 23.8 Å². The number of rotatable bonds is 3. The van der Waals surface area contributed by atoms with Crippen molar-refractivity contribution in [1.29, 1.82) is 0 Å². The lowest BCUT2D eigenvalue weighted by Gasteiger charge is -2.10. The van der Waals surface area contributed by atoms with Gasteiger partial charge in [0.25, 0.3) is 5.56 Å². The SMILES string of the molecule is Cc1ccc(Cn2nc(C)c(CN)cc2=O)c(C)c1. The number of hydrogen-bond donors (Lipinski definition) is 1. The monoisotopic (exact) mass is 257 g/mol. The molecule has 0 spiro atoms. The normalized spacial score (nSPS) is 10.7. The molecule has 1 aromatic heterocycles. The average molecular weight is 257 g/mol. The largest absolute Gasteiger partial charge is 0.326 e. The fourth-order valence-electron chi connectivity index (χ4n) is 2.13. The summed E-state index contributed by atoms with van der Waals surface area (Å²) in [5.74, 6) is 0. The van der Waals surface area contributed by atoms with Crippen molar-refractivity contribution in [2.75, 3.05) is 0 Å². The molecule has 4 nitrogen and oxygen atoms in total. The summed E-state index contributed by atoms with van der Waals surface area (Å²) in [6.07, 6.45) is 0. The molecule has 0 radical (unpaired) electrons. The Morgan fingerprint density at radius 1 is 1.16 bits per heavy atom. The molecule has 0 saturated heterocycles. The van der Waals surface area contributed by atoms with Crippen LogP contribution in [-0.2, 0) is 13.1 Å². The van der Waals surface area contributed by atoms with E-state index in [1.54, 1.807) is 6.07 Å². The lowest BCUT2D eigenvalue weighted by Crippen LogP contribution is -2.25. The highest BCUT2D eigenvalue weighted by molar-refractivity contribution is 5.30. The molecule has 0 atom stereocenters. The first-order valence-electron chi connectivity index (χ1n) is 6.35. The number of aromatic nitrogens is 2. The molecule has 2 N–H and O–H groups in total. The highest BCUT2D eigenvalue weighted by Crippen LogP contribution is 2.11. The van der Waals surface area contributed by atoms with Gasteiger partial charge in [-0.25, -0.2) is 4.68 Å². The Hall–Kier alpha value is -1.94. The average Bonchev–Trinajstić information content (AvgIpc) is 2.36. The molecule has 4 heteroatoms. The molecule has 0 aliphatic rings. The van der Waals surface area contributed by atoms with Crippen LogP contribution in [-0.4, -0.2) is 9.78 Å². The summed E-state index contributed by atoms with van der Waals surface area (Å²) in [7, 11) is 0. The molecule has 0 unspecified atom stereocenters. The topological polar surface area (TPSA) is 60.9 Å². The second-order valence-electron chi connectivity index (χ2n) is 4.88. The van der Waals surface area contributed by atoms with Gasteiger partial charge in [0.1, 0.15) is 0 Å². The Kier molecular flexibility index (Phi) is 3.81. The maximum atomic E-state index is 12.0. The number of benzene rings is 1. The second kappa shape index (κ2) is 5.36. The molecular weight excluding hydrogens is 238 g/mol. The summed E-state index contributed by atoms with van der Waals surface area (Å²) < 4.78 is 1.49. The lowest BCUT2D eigenvalue weighted by atomic mass is 10.1. The van der Waals surface area contributed by atoms with Crippen LogP contribution >= 0.6 is 0 Å². The van der Waals surface area contributed by atoms with Gasteiger partial charge < -0.3 is 5.73 Å². The third-order valence-corrected chi connectivity index (χ3v) is 3.33. The van der Waals surface area contributed by atoms with Crippen molar-refractivity contribution in [3.8, 4) is 0 Å². The maximum absolute atomic E-state index is 12.0. The summed E-state index contributed by atoms with van der Waals surface area (Å²) in [5, 5.41) is 4.33. The van der Waals surface area contributed by atoms with Gasteiger partial charge in [-0.2, -0.15) is 5.10 Å².